The largest absolute Gasteiger partial charge is 0.493 e. The lowest BCUT2D eigenvalue weighted by Crippen LogP contribution is -2.13. The minimum Gasteiger partial charge on any atom is -0.493 e. The molecule has 0 saturated carbocycles. The van der Waals surface area contributed by atoms with Crippen molar-refractivity contribution in [3.05, 3.63) is 46.8 Å². The molecule has 0 spiro atoms. The van der Waals surface area contributed by atoms with E-state index in [0.29, 0.717) is 28.4 Å². The lowest BCUT2D eigenvalue weighted by Gasteiger charge is -2.12. The highest BCUT2D eigenvalue weighted by Crippen LogP contribution is 2.38. The van der Waals surface area contributed by atoms with Gasteiger partial charge >= 0.3 is 5.97 Å². The first kappa shape index (κ1) is 23.1. The molecule has 7 nitrogen and oxygen atoms in total. The number of aryl methyl sites for hydroxylation is 1. The monoisotopic (exact) mass is 415 g/mol. The lowest BCUT2D eigenvalue weighted by molar-refractivity contribution is -0.136. The Morgan fingerprint density at radius 2 is 1.63 bits per heavy atom. The van der Waals surface area contributed by atoms with E-state index in [1.54, 1.807) is 18.2 Å². The molecule has 7 heteroatoms. The molecular weight excluding hydrogens is 386 g/mol. The van der Waals surface area contributed by atoms with Gasteiger partial charge in [0.15, 0.2) is 18.1 Å². The first-order valence-corrected chi connectivity index (χ1v) is 9.71. The second-order valence-corrected chi connectivity index (χ2v) is 6.76. The number of carbonyl (C=O) groups is 2. The molecule has 0 atom stereocenters. The summed E-state index contributed by atoms with van der Waals surface area (Å²) in [5.41, 5.74) is 3.16. The van der Waals surface area contributed by atoms with E-state index >= 15 is 0 Å². The van der Waals surface area contributed by atoms with Gasteiger partial charge in [0, 0.05) is 29.6 Å². The third-order valence-corrected chi connectivity index (χ3v) is 4.77. The molecular formula is C23H29NO6. The van der Waals surface area contributed by atoms with Crippen LogP contribution in [0.4, 0.5) is 0 Å². The van der Waals surface area contributed by atoms with Crippen LogP contribution in [0.3, 0.4) is 0 Å². The van der Waals surface area contributed by atoms with E-state index in [2.05, 4.69) is 11.5 Å². The zero-order chi connectivity index (χ0) is 22.3. The number of rotatable bonds is 10. The molecule has 2 rings (SSSR count). The topological polar surface area (TPSA) is 76.0 Å². The zero-order valence-corrected chi connectivity index (χ0v) is 18.4. The predicted octanol–water partition coefficient (Wildman–Crippen LogP) is 3.98. The van der Waals surface area contributed by atoms with Crippen LogP contribution in [-0.2, 0) is 16.1 Å². The maximum absolute atomic E-state index is 12.5. The van der Waals surface area contributed by atoms with Crippen molar-refractivity contribution in [2.24, 2.45) is 0 Å². The highest BCUT2D eigenvalue weighted by atomic mass is 16.5. The first-order chi connectivity index (χ1) is 14.4. The Morgan fingerprint density at radius 3 is 2.17 bits per heavy atom. The fraction of sp³-hybridized carbons (Fsp3) is 0.391. The molecule has 0 amide bonds. The second-order valence-electron chi connectivity index (χ2n) is 6.76. The summed E-state index contributed by atoms with van der Waals surface area (Å²) in [6.07, 6.45) is 3.80. The zero-order valence-electron chi connectivity index (χ0n) is 18.4. The van der Waals surface area contributed by atoms with E-state index in [0.717, 1.165) is 24.4 Å². The van der Waals surface area contributed by atoms with Gasteiger partial charge in [0.2, 0.25) is 11.5 Å². The van der Waals surface area contributed by atoms with E-state index in [1.165, 1.54) is 27.4 Å². The number of carbonyl (C=O) groups excluding carboxylic acids is 2. The maximum Gasteiger partial charge on any atom is 0.331 e. The van der Waals surface area contributed by atoms with E-state index in [1.807, 2.05) is 19.9 Å². The second kappa shape index (κ2) is 10.5. The smallest absolute Gasteiger partial charge is 0.331 e. The Balaban J connectivity index is 2.05. The molecule has 0 aliphatic heterocycles. The Hall–Kier alpha value is -3.22. The van der Waals surface area contributed by atoms with Crippen LogP contribution >= 0.6 is 0 Å². The van der Waals surface area contributed by atoms with Gasteiger partial charge in [-0.05, 0) is 50.1 Å². The van der Waals surface area contributed by atoms with Crippen molar-refractivity contribution in [2.45, 2.75) is 33.7 Å². The first-order valence-electron chi connectivity index (χ1n) is 9.71. The summed E-state index contributed by atoms with van der Waals surface area (Å²) in [7, 11) is 4.55. The van der Waals surface area contributed by atoms with Crippen LogP contribution in [0.1, 0.15) is 40.7 Å². The van der Waals surface area contributed by atoms with E-state index in [9.17, 15) is 9.59 Å². The number of hydrogen-bond donors (Lipinski definition) is 0. The molecule has 0 aliphatic rings. The van der Waals surface area contributed by atoms with Crippen LogP contribution in [0, 0.1) is 13.8 Å². The van der Waals surface area contributed by atoms with Gasteiger partial charge in [-0.25, -0.2) is 4.79 Å². The number of ether oxygens (including phenoxy) is 4. The van der Waals surface area contributed by atoms with Crippen molar-refractivity contribution in [1.29, 1.82) is 0 Å². The van der Waals surface area contributed by atoms with Crippen molar-refractivity contribution in [2.75, 3.05) is 27.9 Å². The number of nitrogens with zero attached hydrogens (tertiary/aromatic N) is 1. The van der Waals surface area contributed by atoms with Gasteiger partial charge in [0.05, 0.1) is 21.3 Å². The quantitative estimate of drug-likeness (QED) is 0.332. The Kier molecular flexibility index (Phi) is 8.09. The number of aromatic nitrogens is 1. The van der Waals surface area contributed by atoms with Crippen molar-refractivity contribution in [1.82, 2.24) is 4.57 Å². The normalized spacial score (nSPS) is 10.9. The third kappa shape index (κ3) is 5.23. The van der Waals surface area contributed by atoms with Crippen molar-refractivity contribution < 1.29 is 28.5 Å². The number of benzene rings is 1. The molecule has 0 saturated heterocycles. The van der Waals surface area contributed by atoms with E-state index < -0.39 is 5.97 Å². The lowest BCUT2D eigenvalue weighted by atomic mass is 10.1. The molecule has 0 N–H and O–H groups in total. The summed E-state index contributed by atoms with van der Waals surface area (Å²) in [5.74, 6) is 0.579. The van der Waals surface area contributed by atoms with Crippen LogP contribution in [0.25, 0.3) is 6.08 Å². The number of methoxy groups -OCH3 is 3. The molecule has 0 bridgehead atoms. The van der Waals surface area contributed by atoms with Gasteiger partial charge in [-0.15, -0.1) is 0 Å². The van der Waals surface area contributed by atoms with Gasteiger partial charge in [-0.2, -0.15) is 0 Å². The molecule has 0 fully saturated rings. The van der Waals surface area contributed by atoms with Gasteiger partial charge < -0.3 is 23.5 Å². The molecule has 1 aromatic heterocycles. The average Bonchev–Trinajstić information content (AvgIpc) is 3.03. The van der Waals surface area contributed by atoms with Crippen LogP contribution < -0.4 is 14.2 Å². The highest BCUT2D eigenvalue weighted by molar-refractivity contribution is 6.00. The van der Waals surface area contributed by atoms with Gasteiger partial charge in [-0.3, -0.25) is 4.79 Å². The molecule has 2 aromatic rings. The molecule has 1 heterocycles. The number of Topliss-reactive ketones (excluding diaryl/α,β-unsaturated/α-hetero) is 1. The van der Waals surface area contributed by atoms with Crippen LogP contribution in [0.5, 0.6) is 17.2 Å². The van der Waals surface area contributed by atoms with Crippen molar-refractivity contribution >= 4 is 17.8 Å². The Morgan fingerprint density at radius 1 is 1.00 bits per heavy atom. The van der Waals surface area contributed by atoms with Gasteiger partial charge in [0.1, 0.15) is 0 Å². The van der Waals surface area contributed by atoms with E-state index in [4.69, 9.17) is 18.9 Å². The summed E-state index contributed by atoms with van der Waals surface area (Å²) >= 11 is 0. The Bertz CT molecular complexity index is 916. The minimum atomic E-state index is -0.612. The molecule has 1 aromatic carbocycles. The number of esters is 1. The van der Waals surface area contributed by atoms with Crippen LogP contribution in [0.2, 0.25) is 0 Å². The molecule has 30 heavy (non-hydrogen) atoms. The number of hydrogen-bond acceptors (Lipinski definition) is 6. The van der Waals surface area contributed by atoms with E-state index in [-0.39, 0.29) is 12.4 Å². The average molecular weight is 415 g/mol. The summed E-state index contributed by atoms with van der Waals surface area (Å²) in [6.45, 7) is 6.49. The van der Waals surface area contributed by atoms with Gasteiger partial charge in [-0.1, -0.05) is 6.92 Å². The summed E-state index contributed by atoms with van der Waals surface area (Å²) in [4.78, 5) is 24.6. The summed E-state index contributed by atoms with van der Waals surface area (Å²) in [6, 6.07) is 5.25. The fourth-order valence-corrected chi connectivity index (χ4v) is 3.28. The molecule has 0 aliphatic carbocycles. The highest BCUT2D eigenvalue weighted by Gasteiger charge is 2.17. The fourth-order valence-electron chi connectivity index (χ4n) is 3.28. The van der Waals surface area contributed by atoms with Crippen molar-refractivity contribution in [3.8, 4) is 17.2 Å². The third-order valence-electron chi connectivity index (χ3n) is 4.77. The molecule has 0 radical (unpaired) electrons. The standard InChI is InChI=1S/C23H29NO6/c1-7-10-24-15(2)11-18(16(24)3)19(25)14-30-22(26)9-8-17-12-20(27-4)23(29-6)21(13-17)28-5/h8-9,11-13H,7,10,14H2,1-6H3. The summed E-state index contributed by atoms with van der Waals surface area (Å²) in [5, 5.41) is 0. The van der Waals surface area contributed by atoms with Crippen molar-refractivity contribution in [3.63, 3.8) is 0 Å². The molecule has 162 valence electrons. The Labute approximate surface area is 177 Å². The molecule has 0 unspecified atom stereocenters. The minimum absolute atomic E-state index is 0.222. The predicted molar refractivity (Wildman–Crippen MR) is 115 cm³/mol. The summed E-state index contributed by atoms with van der Waals surface area (Å²) < 4.78 is 23.1. The van der Waals surface area contributed by atoms with Gasteiger partial charge in [0.25, 0.3) is 0 Å². The maximum atomic E-state index is 12.5. The number of ketones is 1. The van der Waals surface area contributed by atoms with Crippen LogP contribution in [0.15, 0.2) is 24.3 Å². The van der Waals surface area contributed by atoms with Crippen LogP contribution in [-0.4, -0.2) is 44.3 Å². The SMILES string of the molecule is CCCn1c(C)cc(C(=O)COC(=O)C=Cc2cc(OC)c(OC)c(OC)c2)c1C.